The molecule has 0 atom stereocenters. The number of aryl methyl sites for hydroxylation is 2. The van der Waals surface area contributed by atoms with Gasteiger partial charge in [0.2, 0.25) is 0 Å². The second kappa shape index (κ2) is 5.70. The lowest BCUT2D eigenvalue weighted by Gasteiger charge is -1.97. The maximum Gasteiger partial charge on any atom is 0.492 e. The normalized spacial score (nSPS) is 10.5. The van der Waals surface area contributed by atoms with Crippen LogP contribution in [0.25, 0.3) is 0 Å². The number of halogens is 1. The number of nitrogens with one attached hydrogen (secondary N) is 1. The first-order valence-corrected chi connectivity index (χ1v) is 5.96. The molecule has 0 fully saturated rings. The number of nitro groups is 1. The first kappa shape index (κ1) is 14.0. The Morgan fingerprint density at radius 2 is 2.30 bits per heavy atom. The number of hydrogen-bond acceptors (Lipinski definition) is 8. The van der Waals surface area contributed by atoms with Crippen LogP contribution in [-0.4, -0.2) is 40.6 Å². The lowest BCUT2D eigenvalue weighted by Crippen LogP contribution is -2.30. The van der Waals surface area contributed by atoms with Gasteiger partial charge >= 0.3 is 5.95 Å². The first-order valence-electron chi connectivity index (χ1n) is 5.17. The van der Waals surface area contributed by atoms with Gasteiger partial charge in [0.15, 0.2) is 5.69 Å². The number of hydrazine groups is 1. The Balaban J connectivity index is 2.03. The zero-order valence-corrected chi connectivity index (χ0v) is 11.4. The van der Waals surface area contributed by atoms with Crippen LogP contribution in [0.4, 0.5) is 5.95 Å². The van der Waals surface area contributed by atoms with Gasteiger partial charge in [0.1, 0.15) is 0 Å². The highest BCUT2D eigenvalue weighted by Gasteiger charge is 2.19. The standard InChI is InChI=1S/C7H8BrN9O3/c8-6-10-7(17(19)20)13-16(6)2-1-15-3-4(12-14-15)5(18)11-9/h3H,1-2,9H2,(H,11,18). The van der Waals surface area contributed by atoms with Crippen molar-refractivity contribution in [1.29, 1.82) is 0 Å². The highest BCUT2D eigenvalue weighted by atomic mass is 79.9. The third-order valence-electron chi connectivity index (χ3n) is 2.22. The van der Waals surface area contributed by atoms with Crippen LogP contribution in [0, 0.1) is 10.1 Å². The lowest BCUT2D eigenvalue weighted by atomic mass is 10.4. The van der Waals surface area contributed by atoms with Crippen molar-refractivity contribution in [3.8, 4) is 0 Å². The van der Waals surface area contributed by atoms with Gasteiger partial charge in [0, 0.05) is 21.0 Å². The molecule has 2 heterocycles. The number of aromatic nitrogens is 6. The molecule has 0 aromatic carbocycles. The van der Waals surface area contributed by atoms with Gasteiger partial charge in [-0.05, 0) is 9.91 Å². The summed E-state index contributed by atoms with van der Waals surface area (Å²) in [7, 11) is 0. The molecule has 0 aliphatic rings. The van der Waals surface area contributed by atoms with Crippen LogP contribution < -0.4 is 11.3 Å². The van der Waals surface area contributed by atoms with E-state index in [1.54, 1.807) is 0 Å². The smallest absolute Gasteiger partial charge is 0.390 e. The van der Waals surface area contributed by atoms with Crippen LogP contribution in [0.15, 0.2) is 10.9 Å². The predicted molar refractivity (Wildman–Crippen MR) is 66.1 cm³/mol. The molecule has 0 unspecified atom stereocenters. The molecule has 13 heteroatoms. The van der Waals surface area contributed by atoms with E-state index >= 15 is 0 Å². The van der Waals surface area contributed by atoms with Crippen LogP contribution in [0.5, 0.6) is 0 Å². The van der Waals surface area contributed by atoms with Crippen molar-refractivity contribution < 1.29 is 9.72 Å². The molecule has 0 spiro atoms. The van der Waals surface area contributed by atoms with E-state index in [-0.39, 0.29) is 17.0 Å². The molecule has 3 N–H and O–H groups in total. The third kappa shape index (κ3) is 2.94. The first-order chi connectivity index (χ1) is 9.51. The fourth-order valence-corrected chi connectivity index (χ4v) is 1.73. The Morgan fingerprint density at radius 3 is 2.90 bits per heavy atom. The number of rotatable bonds is 5. The fourth-order valence-electron chi connectivity index (χ4n) is 1.31. The van der Waals surface area contributed by atoms with Crippen LogP contribution >= 0.6 is 15.9 Å². The summed E-state index contributed by atoms with van der Waals surface area (Å²) in [6.45, 7) is 0.554. The summed E-state index contributed by atoms with van der Waals surface area (Å²) in [4.78, 5) is 24.6. The molecule has 2 rings (SSSR count). The second-order valence-electron chi connectivity index (χ2n) is 3.50. The van der Waals surface area contributed by atoms with Crippen molar-refractivity contribution >= 4 is 27.8 Å². The minimum atomic E-state index is -0.694. The maximum absolute atomic E-state index is 11.2. The number of hydrogen-bond donors (Lipinski definition) is 2. The van der Waals surface area contributed by atoms with Crippen molar-refractivity contribution in [2.75, 3.05) is 0 Å². The quantitative estimate of drug-likeness (QED) is 0.297. The molecule has 2 aromatic rings. The van der Waals surface area contributed by atoms with Crippen LogP contribution in [0.1, 0.15) is 10.5 Å². The van der Waals surface area contributed by atoms with E-state index in [1.807, 2.05) is 5.43 Å². The zero-order chi connectivity index (χ0) is 14.7. The molecular weight excluding hydrogens is 338 g/mol. The molecule has 2 aromatic heterocycles. The highest BCUT2D eigenvalue weighted by molar-refractivity contribution is 9.10. The number of carbonyl (C=O) groups excluding carboxylic acids is 1. The Labute approximate surface area is 119 Å². The summed E-state index contributed by atoms with van der Waals surface area (Å²) in [6.07, 6.45) is 1.39. The summed E-state index contributed by atoms with van der Waals surface area (Å²) >= 11 is 3.06. The van der Waals surface area contributed by atoms with Crippen molar-refractivity contribution in [1.82, 2.24) is 35.2 Å². The number of nitrogens with zero attached hydrogens (tertiary/aromatic N) is 7. The number of nitrogens with two attached hydrogens (primary N) is 1. The van der Waals surface area contributed by atoms with Gasteiger partial charge < -0.3 is 10.1 Å². The zero-order valence-electron chi connectivity index (χ0n) is 9.80. The molecule has 0 aliphatic carbocycles. The molecule has 0 radical (unpaired) electrons. The van der Waals surface area contributed by atoms with Gasteiger partial charge in [-0.3, -0.25) is 10.2 Å². The Morgan fingerprint density at radius 1 is 1.55 bits per heavy atom. The number of amides is 1. The van der Waals surface area contributed by atoms with Gasteiger partial charge in [0.05, 0.1) is 19.3 Å². The Kier molecular flexibility index (Phi) is 3.99. The van der Waals surface area contributed by atoms with Gasteiger partial charge in [-0.2, -0.15) is 4.68 Å². The van der Waals surface area contributed by atoms with Gasteiger partial charge in [-0.15, -0.1) is 5.10 Å². The molecule has 20 heavy (non-hydrogen) atoms. The Bertz CT molecular complexity index is 650. The van der Waals surface area contributed by atoms with Crippen LogP contribution in [-0.2, 0) is 13.1 Å². The van der Waals surface area contributed by atoms with Crippen LogP contribution in [0.2, 0.25) is 0 Å². The summed E-state index contributed by atoms with van der Waals surface area (Å²) in [5.41, 5.74) is 1.99. The molecular formula is C7H8BrN9O3. The second-order valence-corrected chi connectivity index (χ2v) is 4.21. The molecule has 0 bridgehead atoms. The summed E-state index contributed by atoms with van der Waals surface area (Å²) in [5.74, 6) is 3.90. The fraction of sp³-hybridized carbons (Fsp3) is 0.286. The minimum absolute atomic E-state index is 0.0659. The van der Waals surface area contributed by atoms with Crippen molar-refractivity contribution in [3.05, 3.63) is 26.7 Å². The molecule has 0 aliphatic heterocycles. The van der Waals surface area contributed by atoms with E-state index in [1.165, 1.54) is 15.6 Å². The number of carbonyl (C=O) groups is 1. The van der Waals surface area contributed by atoms with Gasteiger partial charge in [-0.1, -0.05) is 5.21 Å². The van der Waals surface area contributed by atoms with E-state index in [2.05, 4.69) is 36.3 Å². The van der Waals surface area contributed by atoms with Gasteiger partial charge in [-0.25, -0.2) is 10.5 Å². The summed E-state index contributed by atoms with van der Waals surface area (Å²) in [6, 6.07) is 0. The summed E-state index contributed by atoms with van der Waals surface area (Å²) in [5, 5.41) is 21.5. The van der Waals surface area contributed by atoms with Crippen molar-refractivity contribution in [2.45, 2.75) is 13.1 Å². The van der Waals surface area contributed by atoms with Crippen molar-refractivity contribution in [3.63, 3.8) is 0 Å². The van der Waals surface area contributed by atoms with E-state index in [4.69, 9.17) is 5.84 Å². The third-order valence-corrected chi connectivity index (χ3v) is 2.81. The minimum Gasteiger partial charge on any atom is -0.390 e. The Hall–Kier alpha value is -2.41. The van der Waals surface area contributed by atoms with E-state index < -0.39 is 16.8 Å². The topological polar surface area (TPSA) is 160 Å². The van der Waals surface area contributed by atoms with Gasteiger partial charge in [0.25, 0.3) is 10.6 Å². The summed E-state index contributed by atoms with van der Waals surface area (Å²) < 4.78 is 2.90. The van der Waals surface area contributed by atoms with E-state index in [0.717, 1.165) is 0 Å². The molecule has 0 saturated carbocycles. The molecule has 0 saturated heterocycles. The number of nitrogen functional groups attached to an aromatic ring is 1. The predicted octanol–water partition coefficient (Wildman–Crippen LogP) is -1.16. The van der Waals surface area contributed by atoms with Crippen LogP contribution in [0.3, 0.4) is 0 Å². The average molecular weight is 346 g/mol. The average Bonchev–Trinajstić information content (AvgIpc) is 3.02. The van der Waals surface area contributed by atoms with Crippen molar-refractivity contribution in [2.24, 2.45) is 5.84 Å². The largest absolute Gasteiger partial charge is 0.492 e. The highest BCUT2D eigenvalue weighted by Crippen LogP contribution is 2.11. The maximum atomic E-state index is 11.2. The molecule has 1 amide bonds. The van der Waals surface area contributed by atoms with E-state index in [9.17, 15) is 14.9 Å². The molecule has 106 valence electrons. The lowest BCUT2D eigenvalue weighted by molar-refractivity contribution is -0.394. The molecule has 12 nitrogen and oxygen atoms in total. The SMILES string of the molecule is NNC(=O)c1cn(CCn2nc([N+](=O)[O-])nc2Br)nn1. The van der Waals surface area contributed by atoms with E-state index in [0.29, 0.717) is 6.54 Å². The monoisotopic (exact) mass is 345 g/mol.